The molecule has 0 saturated carbocycles. The molecule has 0 saturated heterocycles. The number of nitrogens with zero attached hydrogens (tertiary/aromatic N) is 2. The van der Waals surface area contributed by atoms with E-state index in [1.54, 1.807) is 6.07 Å². The van der Waals surface area contributed by atoms with E-state index in [2.05, 4.69) is 22.4 Å². The lowest BCUT2D eigenvalue weighted by atomic mass is 10.2. The fourth-order valence-corrected chi connectivity index (χ4v) is 2.50. The molecule has 0 spiro atoms. The summed E-state index contributed by atoms with van der Waals surface area (Å²) in [5.74, 6) is -0.0715. The summed E-state index contributed by atoms with van der Waals surface area (Å²) in [5.41, 5.74) is 0.168. The SMILES string of the molecule is CCCCc1nnc(NC(=O)c2ccc(OC)cc2O)s1. The number of unbranched alkanes of at least 4 members (excludes halogenated alkanes) is 1. The number of aromatic hydroxyl groups is 1. The summed E-state index contributed by atoms with van der Waals surface area (Å²) in [6.45, 7) is 2.11. The summed E-state index contributed by atoms with van der Waals surface area (Å²) < 4.78 is 4.98. The van der Waals surface area contributed by atoms with Crippen molar-refractivity contribution in [2.75, 3.05) is 12.4 Å². The topological polar surface area (TPSA) is 84.3 Å². The third kappa shape index (κ3) is 3.91. The third-order valence-corrected chi connectivity index (χ3v) is 3.78. The Morgan fingerprint density at radius 1 is 1.43 bits per heavy atom. The predicted molar refractivity (Wildman–Crippen MR) is 81.1 cm³/mol. The fraction of sp³-hybridized carbons (Fsp3) is 0.357. The van der Waals surface area contributed by atoms with Gasteiger partial charge in [-0.05, 0) is 18.6 Å². The minimum absolute atomic E-state index is 0.137. The van der Waals surface area contributed by atoms with Gasteiger partial charge in [0.2, 0.25) is 5.13 Å². The predicted octanol–water partition coefficient (Wildman–Crippen LogP) is 2.85. The summed E-state index contributed by atoms with van der Waals surface area (Å²) in [4.78, 5) is 12.1. The Bertz CT molecular complexity index is 628. The summed E-state index contributed by atoms with van der Waals surface area (Å²) >= 11 is 1.35. The maximum Gasteiger partial charge on any atom is 0.261 e. The number of phenols is 1. The molecule has 1 aromatic heterocycles. The second-order valence-electron chi connectivity index (χ2n) is 4.44. The first kappa shape index (κ1) is 15.2. The smallest absolute Gasteiger partial charge is 0.261 e. The number of aryl methyl sites for hydroxylation is 1. The Morgan fingerprint density at radius 2 is 2.24 bits per heavy atom. The number of anilines is 1. The zero-order chi connectivity index (χ0) is 15.2. The van der Waals surface area contributed by atoms with Crippen LogP contribution in [-0.2, 0) is 6.42 Å². The summed E-state index contributed by atoms with van der Waals surface area (Å²) in [6.07, 6.45) is 2.99. The van der Waals surface area contributed by atoms with Gasteiger partial charge in [-0.1, -0.05) is 24.7 Å². The maximum absolute atomic E-state index is 12.1. The lowest BCUT2D eigenvalue weighted by Gasteiger charge is -2.05. The lowest BCUT2D eigenvalue weighted by molar-refractivity contribution is 0.102. The monoisotopic (exact) mass is 307 g/mol. The van der Waals surface area contributed by atoms with Crippen LogP contribution >= 0.6 is 11.3 Å². The number of amides is 1. The van der Waals surface area contributed by atoms with Crippen molar-refractivity contribution in [1.82, 2.24) is 10.2 Å². The van der Waals surface area contributed by atoms with Gasteiger partial charge < -0.3 is 9.84 Å². The van der Waals surface area contributed by atoms with E-state index in [-0.39, 0.29) is 11.3 Å². The Hall–Kier alpha value is -2.15. The van der Waals surface area contributed by atoms with Crippen LogP contribution in [0, 0.1) is 0 Å². The molecular weight excluding hydrogens is 290 g/mol. The van der Waals surface area contributed by atoms with E-state index < -0.39 is 5.91 Å². The number of benzene rings is 1. The molecular formula is C14H17N3O3S. The van der Waals surface area contributed by atoms with Crippen LogP contribution in [0.5, 0.6) is 11.5 Å². The molecule has 0 bridgehead atoms. The molecule has 7 heteroatoms. The van der Waals surface area contributed by atoms with E-state index in [0.717, 1.165) is 24.3 Å². The van der Waals surface area contributed by atoms with Gasteiger partial charge in [0.15, 0.2) is 0 Å². The van der Waals surface area contributed by atoms with Crippen molar-refractivity contribution in [2.24, 2.45) is 0 Å². The zero-order valence-electron chi connectivity index (χ0n) is 11.9. The molecule has 1 amide bonds. The first-order chi connectivity index (χ1) is 10.1. The molecule has 2 N–H and O–H groups in total. The second-order valence-corrected chi connectivity index (χ2v) is 5.50. The third-order valence-electron chi connectivity index (χ3n) is 2.88. The number of hydrogen-bond acceptors (Lipinski definition) is 6. The van der Waals surface area contributed by atoms with Crippen LogP contribution in [0.3, 0.4) is 0 Å². The molecule has 6 nitrogen and oxygen atoms in total. The number of carbonyl (C=O) groups excluding carboxylic acids is 1. The average molecular weight is 307 g/mol. The molecule has 0 aliphatic carbocycles. The van der Waals surface area contributed by atoms with Crippen molar-refractivity contribution in [2.45, 2.75) is 26.2 Å². The average Bonchev–Trinajstić information content (AvgIpc) is 2.92. The van der Waals surface area contributed by atoms with E-state index in [1.807, 2.05) is 0 Å². The minimum atomic E-state index is -0.423. The maximum atomic E-state index is 12.1. The van der Waals surface area contributed by atoms with Crippen molar-refractivity contribution in [3.8, 4) is 11.5 Å². The first-order valence-corrected chi connectivity index (χ1v) is 7.46. The van der Waals surface area contributed by atoms with Crippen molar-refractivity contribution in [3.63, 3.8) is 0 Å². The lowest BCUT2D eigenvalue weighted by Crippen LogP contribution is -2.11. The number of nitrogens with one attached hydrogen (secondary N) is 1. The number of carbonyl (C=O) groups is 1. The summed E-state index contributed by atoms with van der Waals surface area (Å²) in [5, 5.41) is 21.7. The summed E-state index contributed by atoms with van der Waals surface area (Å²) in [6, 6.07) is 4.51. The van der Waals surface area contributed by atoms with Crippen LogP contribution in [0.25, 0.3) is 0 Å². The highest BCUT2D eigenvalue weighted by atomic mass is 32.1. The molecule has 0 radical (unpaired) electrons. The molecule has 1 heterocycles. The van der Waals surface area contributed by atoms with Gasteiger partial charge in [0, 0.05) is 12.5 Å². The molecule has 2 rings (SSSR count). The highest BCUT2D eigenvalue weighted by Gasteiger charge is 2.14. The number of aromatic nitrogens is 2. The van der Waals surface area contributed by atoms with Gasteiger partial charge in [-0.15, -0.1) is 10.2 Å². The molecule has 112 valence electrons. The fourth-order valence-electron chi connectivity index (χ4n) is 1.73. The molecule has 0 atom stereocenters. The Morgan fingerprint density at radius 3 is 2.90 bits per heavy atom. The molecule has 0 aliphatic heterocycles. The quantitative estimate of drug-likeness (QED) is 0.857. The van der Waals surface area contributed by atoms with Crippen molar-refractivity contribution in [1.29, 1.82) is 0 Å². The Labute approximate surface area is 126 Å². The highest BCUT2D eigenvalue weighted by molar-refractivity contribution is 7.15. The molecule has 21 heavy (non-hydrogen) atoms. The molecule has 2 aromatic rings. The van der Waals surface area contributed by atoms with Gasteiger partial charge in [-0.25, -0.2) is 0 Å². The van der Waals surface area contributed by atoms with Crippen molar-refractivity contribution in [3.05, 3.63) is 28.8 Å². The molecule has 0 fully saturated rings. The van der Waals surface area contributed by atoms with Crippen molar-refractivity contribution >= 4 is 22.4 Å². The molecule has 0 aliphatic rings. The second kappa shape index (κ2) is 7.03. The van der Waals surface area contributed by atoms with Crippen molar-refractivity contribution < 1.29 is 14.6 Å². The standard InChI is InChI=1S/C14H17N3O3S/c1-3-4-5-12-16-17-14(21-12)15-13(19)10-7-6-9(20-2)8-11(10)18/h6-8,18H,3-5H2,1-2H3,(H,15,17,19). The zero-order valence-corrected chi connectivity index (χ0v) is 12.7. The van der Waals surface area contributed by atoms with Gasteiger partial charge in [0.1, 0.15) is 16.5 Å². The van der Waals surface area contributed by atoms with E-state index in [9.17, 15) is 9.90 Å². The Balaban J connectivity index is 2.05. The molecule has 1 aromatic carbocycles. The van der Waals surface area contributed by atoms with Crippen LogP contribution in [0.4, 0.5) is 5.13 Å². The van der Waals surface area contributed by atoms with Gasteiger partial charge >= 0.3 is 0 Å². The summed E-state index contributed by atoms with van der Waals surface area (Å²) in [7, 11) is 1.49. The van der Waals surface area contributed by atoms with Crippen LogP contribution in [0.15, 0.2) is 18.2 Å². The van der Waals surface area contributed by atoms with Gasteiger partial charge in [-0.3, -0.25) is 10.1 Å². The normalized spacial score (nSPS) is 10.4. The number of rotatable bonds is 6. The van der Waals surface area contributed by atoms with Crippen LogP contribution in [0.2, 0.25) is 0 Å². The van der Waals surface area contributed by atoms with E-state index in [4.69, 9.17) is 4.74 Å². The van der Waals surface area contributed by atoms with Gasteiger partial charge in [0.25, 0.3) is 5.91 Å². The first-order valence-electron chi connectivity index (χ1n) is 6.64. The van der Waals surface area contributed by atoms with Gasteiger partial charge in [-0.2, -0.15) is 0 Å². The highest BCUT2D eigenvalue weighted by Crippen LogP contribution is 2.25. The van der Waals surface area contributed by atoms with Gasteiger partial charge in [0.05, 0.1) is 12.7 Å². The van der Waals surface area contributed by atoms with E-state index in [1.165, 1.54) is 30.6 Å². The molecule has 0 unspecified atom stereocenters. The number of phenolic OH excluding ortho intramolecular Hbond substituents is 1. The van der Waals surface area contributed by atoms with Crippen LogP contribution < -0.4 is 10.1 Å². The number of ether oxygens (including phenoxy) is 1. The van der Waals surface area contributed by atoms with E-state index >= 15 is 0 Å². The van der Waals surface area contributed by atoms with Crippen LogP contribution in [0.1, 0.15) is 35.1 Å². The minimum Gasteiger partial charge on any atom is -0.507 e. The van der Waals surface area contributed by atoms with E-state index in [0.29, 0.717) is 10.9 Å². The number of methoxy groups -OCH3 is 1. The largest absolute Gasteiger partial charge is 0.507 e. The number of hydrogen-bond donors (Lipinski definition) is 2. The Kier molecular flexibility index (Phi) is 5.10. The van der Waals surface area contributed by atoms with Crippen LogP contribution in [-0.4, -0.2) is 28.3 Å².